The van der Waals surface area contributed by atoms with Crippen molar-refractivity contribution >= 4 is 23.6 Å². The van der Waals surface area contributed by atoms with Gasteiger partial charge in [0.2, 0.25) is 0 Å². The number of benzene rings is 3. The van der Waals surface area contributed by atoms with Crippen LogP contribution in [0.15, 0.2) is 84.6 Å². The minimum Gasteiger partial charge on any atom is -0.497 e. The number of carbonyl (C=O) groups is 2. The number of anilines is 1. The molecule has 6 heteroatoms. The summed E-state index contributed by atoms with van der Waals surface area (Å²) in [4.78, 5) is 25.8. The van der Waals surface area contributed by atoms with E-state index >= 15 is 0 Å². The van der Waals surface area contributed by atoms with Crippen LogP contribution in [0.4, 0.5) is 5.69 Å². The van der Waals surface area contributed by atoms with E-state index in [9.17, 15) is 9.59 Å². The van der Waals surface area contributed by atoms with Crippen molar-refractivity contribution in [2.75, 3.05) is 19.5 Å². The monoisotopic (exact) mass is 402 g/mol. The molecule has 0 radical (unpaired) electrons. The molecule has 0 fully saturated rings. The molecule has 3 rings (SSSR count). The summed E-state index contributed by atoms with van der Waals surface area (Å²) >= 11 is 0. The first-order valence-corrected chi connectivity index (χ1v) is 9.27. The van der Waals surface area contributed by atoms with Crippen molar-refractivity contribution in [1.82, 2.24) is 5.32 Å². The number of ether oxygens (including phenoxy) is 2. The van der Waals surface area contributed by atoms with Crippen LogP contribution in [0.25, 0.3) is 6.08 Å². The molecular formula is C24H22N2O4. The Morgan fingerprint density at radius 2 is 1.47 bits per heavy atom. The normalized spacial score (nSPS) is 10.8. The lowest BCUT2D eigenvalue weighted by Gasteiger charge is -2.13. The average Bonchev–Trinajstić information content (AvgIpc) is 2.79. The summed E-state index contributed by atoms with van der Waals surface area (Å²) in [5.74, 6) is 0.203. The van der Waals surface area contributed by atoms with Crippen molar-refractivity contribution in [3.63, 3.8) is 0 Å². The highest BCUT2D eigenvalue weighted by molar-refractivity contribution is 6.11. The Morgan fingerprint density at radius 3 is 2.13 bits per heavy atom. The molecule has 0 aliphatic rings. The summed E-state index contributed by atoms with van der Waals surface area (Å²) in [6.07, 6.45) is 1.62. The van der Waals surface area contributed by atoms with Gasteiger partial charge in [0.25, 0.3) is 11.8 Å². The molecule has 3 aromatic rings. The van der Waals surface area contributed by atoms with Gasteiger partial charge >= 0.3 is 0 Å². The molecule has 2 N–H and O–H groups in total. The highest BCUT2D eigenvalue weighted by Crippen LogP contribution is 2.19. The predicted octanol–water partition coefficient (Wildman–Crippen LogP) is 4.11. The SMILES string of the molecule is COc1ccc(NC(=O)/C(=C/c2ccccc2)NC(=O)c2ccccc2OC)cc1. The molecule has 6 nitrogen and oxygen atoms in total. The molecule has 0 saturated heterocycles. The number of para-hydroxylation sites is 1. The highest BCUT2D eigenvalue weighted by Gasteiger charge is 2.17. The van der Waals surface area contributed by atoms with E-state index in [0.717, 1.165) is 5.56 Å². The molecule has 0 atom stereocenters. The first-order chi connectivity index (χ1) is 14.6. The van der Waals surface area contributed by atoms with Crippen LogP contribution in [0.1, 0.15) is 15.9 Å². The van der Waals surface area contributed by atoms with E-state index in [0.29, 0.717) is 22.7 Å². The fraction of sp³-hybridized carbons (Fsp3) is 0.0833. The largest absolute Gasteiger partial charge is 0.497 e. The standard InChI is InChI=1S/C24H22N2O4/c1-29-19-14-12-18(13-15-19)25-24(28)21(16-17-8-4-3-5-9-17)26-23(27)20-10-6-7-11-22(20)30-2/h3-16H,1-2H3,(H,25,28)(H,26,27)/b21-16-. The maximum absolute atomic E-state index is 12.9. The van der Waals surface area contributed by atoms with Crippen molar-refractivity contribution in [3.8, 4) is 11.5 Å². The molecule has 0 saturated carbocycles. The third kappa shape index (κ3) is 5.26. The van der Waals surface area contributed by atoms with Gasteiger partial charge in [-0.25, -0.2) is 0 Å². The number of rotatable bonds is 7. The smallest absolute Gasteiger partial charge is 0.272 e. The lowest BCUT2D eigenvalue weighted by molar-refractivity contribution is -0.113. The zero-order valence-corrected chi connectivity index (χ0v) is 16.7. The van der Waals surface area contributed by atoms with Crippen molar-refractivity contribution in [2.24, 2.45) is 0 Å². The second-order valence-corrected chi connectivity index (χ2v) is 6.31. The van der Waals surface area contributed by atoms with Gasteiger partial charge in [-0.2, -0.15) is 0 Å². The Bertz CT molecular complexity index is 1040. The van der Waals surface area contributed by atoms with E-state index < -0.39 is 11.8 Å². The van der Waals surface area contributed by atoms with E-state index in [1.807, 2.05) is 30.3 Å². The van der Waals surface area contributed by atoms with Crippen molar-refractivity contribution in [1.29, 1.82) is 0 Å². The quantitative estimate of drug-likeness (QED) is 0.583. The number of amides is 2. The molecule has 3 aromatic carbocycles. The molecule has 0 heterocycles. The molecule has 0 aromatic heterocycles. The van der Waals surface area contributed by atoms with Gasteiger partial charge in [-0.15, -0.1) is 0 Å². The molecule has 2 amide bonds. The molecule has 0 aliphatic heterocycles. The Labute approximate surface area is 175 Å². The summed E-state index contributed by atoms with van der Waals surface area (Å²) in [6.45, 7) is 0. The third-order valence-corrected chi connectivity index (χ3v) is 4.30. The van der Waals surface area contributed by atoms with Gasteiger partial charge in [-0.1, -0.05) is 42.5 Å². The lowest BCUT2D eigenvalue weighted by Crippen LogP contribution is -2.31. The summed E-state index contributed by atoms with van der Waals surface area (Å²) in [6, 6.07) is 23.0. The van der Waals surface area contributed by atoms with E-state index in [1.165, 1.54) is 7.11 Å². The Balaban J connectivity index is 1.87. The van der Waals surface area contributed by atoms with E-state index in [1.54, 1.807) is 61.7 Å². The molecule has 0 bridgehead atoms. The van der Waals surface area contributed by atoms with Gasteiger partial charge in [0, 0.05) is 5.69 Å². The molecule has 0 unspecified atom stereocenters. The summed E-state index contributed by atoms with van der Waals surface area (Å²) in [7, 11) is 3.06. The molecule has 0 aliphatic carbocycles. The first-order valence-electron chi connectivity index (χ1n) is 9.27. The zero-order valence-electron chi connectivity index (χ0n) is 16.7. The van der Waals surface area contributed by atoms with Crippen molar-refractivity contribution < 1.29 is 19.1 Å². The van der Waals surface area contributed by atoms with Gasteiger partial charge in [-0.05, 0) is 48.0 Å². The maximum atomic E-state index is 12.9. The van der Waals surface area contributed by atoms with Gasteiger partial charge in [0.05, 0.1) is 19.8 Å². The zero-order chi connectivity index (χ0) is 21.3. The van der Waals surface area contributed by atoms with Crippen LogP contribution < -0.4 is 20.1 Å². The Morgan fingerprint density at radius 1 is 0.800 bits per heavy atom. The van der Waals surface area contributed by atoms with Gasteiger partial charge in [-0.3, -0.25) is 9.59 Å². The van der Waals surface area contributed by atoms with Crippen LogP contribution in [-0.4, -0.2) is 26.0 Å². The summed E-state index contributed by atoms with van der Waals surface area (Å²) < 4.78 is 10.4. The Kier molecular flexibility index (Phi) is 6.84. The lowest BCUT2D eigenvalue weighted by atomic mass is 10.1. The van der Waals surface area contributed by atoms with Crippen molar-refractivity contribution in [3.05, 3.63) is 95.7 Å². The van der Waals surface area contributed by atoms with Crippen LogP contribution in [-0.2, 0) is 4.79 Å². The second-order valence-electron chi connectivity index (χ2n) is 6.31. The van der Waals surface area contributed by atoms with Gasteiger partial charge < -0.3 is 20.1 Å². The summed E-state index contributed by atoms with van der Waals surface area (Å²) in [5, 5.41) is 5.49. The fourth-order valence-electron chi connectivity index (χ4n) is 2.77. The van der Waals surface area contributed by atoms with E-state index in [-0.39, 0.29) is 5.70 Å². The number of nitrogens with one attached hydrogen (secondary N) is 2. The van der Waals surface area contributed by atoms with Gasteiger partial charge in [0.15, 0.2) is 0 Å². The van der Waals surface area contributed by atoms with E-state index in [2.05, 4.69) is 10.6 Å². The van der Waals surface area contributed by atoms with E-state index in [4.69, 9.17) is 9.47 Å². The number of methoxy groups -OCH3 is 2. The van der Waals surface area contributed by atoms with Crippen LogP contribution in [0, 0.1) is 0 Å². The Hall–Kier alpha value is -4.06. The van der Waals surface area contributed by atoms with Gasteiger partial charge in [0.1, 0.15) is 17.2 Å². The predicted molar refractivity (Wildman–Crippen MR) is 117 cm³/mol. The van der Waals surface area contributed by atoms with Crippen LogP contribution in [0.2, 0.25) is 0 Å². The minimum atomic E-state index is -0.452. The molecule has 0 spiro atoms. The van der Waals surface area contributed by atoms with Crippen LogP contribution in [0.5, 0.6) is 11.5 Å². The van der Waals surface area contributed by atoms with Crippen molar-refractivity contribution in [2.45, 2.75) is 0 Å². The number of hydrogen-bond donors (Lipinski definition) is 2. The average molecular weight is 402 g/mol. The summed E-state index contributed by atoms with van der Waals surface area (Å²) in [5.41, 5.74) is 1.79. The molecular weight excluding hydrogens is 380 g/mol. The topological polar surface area (TPSA) is 76.7 Å². The fourth-order valence-corrected chi connectivity index (χ4v) is 2.77. The third-order valence-electron chi connectivity index (χ3n) is 4.30. The first kappa shape index (κ1) is 20.7. The molecule has 30 heavy (non-hydrogen) atoms. The molecule has 152 valence electrons. The van der Waals surface area contributed by atoms with Crippen LogP contribution in [0.3, 0.4) is 0 Å². The van der Waals surface area contributed by atoms with Crippen LogP contribution >= 0.6 is 0 Å². The minimum absolute atomic E-state index is 0.105. The number of carbonyl (C=O) groups excluding carboxylic acids is 2. The second kappa shape index (κ2) is 9.93. The number of hydrogen-bond acceptors (Lipinski definition) is 4. The highest BCUT2D eigenvalue weighted by atomic mass is 16.5. The maximum Gasteiger partial charge on any atom is 0.272 e.